The molecule has 0 spiro atoms. The molecule has 0 heterocycles. The van der Waals surface area contributed by atoms with Gasteiger partial charge < -0.3 is 31.0 Å². The lowest BCUT2D eigenvalue weighted by Gasteiger charge is -2.14. The van der Waals surface area contributed by atoms with Gasteiger partial charge in [-0.05, 0) is 38.2 Å². The maximum absolute atomic E-state index is 11.7. The molecule has 1 aromatic rings. The fraction of sp³-hybridized carbons (Fsp3) is 0.455. The van der Waals surface area contributed by atoms with Crippen LogP contribution in [0.25, 0.3) is 0 Å². The van der Waals surface area contributed by atoms with Crippen molar-refractivity contribution in [1.82, 2.24) is 16.0 Å². The number of hydrogen-bond acceptors (Lipinski definition) is 8. The van der Waals surface area contributed by atoms with Gasteiger partial charge in [0.15, 0.2) is 6.61 Å². The molecule has 0 bridgehead atoms. The number of urea groups is 1. The number of aryl methyl sites for hydroxylation is 1. The van der Waals surface area contributed by atoms with Gasteiger partial charge in [0.1, 0.15) is 6.04 Å². The van der Waals surface area contributed by atoms with Gasteiger partial charge in [-0.25, -0.2) is 9.59 Å². The Morgan fingerprint density at radius 3 is 2.20 bits per heavy atom. The van der Waals surface area contributed by atoms with Crippen LogP contribution in [0.5, 0.6) is 0 Å². The minimum Gasteiger partial charge on any atom is -0.481 e. The zero-order valence-corrected chi connectivity index (χ0v) is 19.3. The van der Waals surface area contributed by atoms with Gasteiger partial charge in [-0.15, -0.1) is 0 Å². The highest BCUT2D eigenvalue weighted by Crippen LogP contribution is 2.00. The summed E-state index contributed by atoms with van der Waals surface area (Å²) in [5.41, 5.74) is 2.01. The van der Waals surface area contributed by atoms with Gasteiger partial charge in [-0.2, -0.15) is 9.59 Å². The summed E-state index contributed by atoms with van der Waals surface area (Å²) in [4.78, 5) is 66.1. The molecule has 13 nitrogen and oxygen atoms in total. The third kappa shape index (κ3) is 17.9. The summed E-state index contributed by atoms with van der Waals surface area (Å²) in [5.74, 6) is -2.71. The summed E-state index contributed by atoms with van der Waals surface area (Å²) in [7, 11) is 0. The van der Waals surface area contributed by atoms with Crippen molar-refractivity contribution in [3.63, 3.8) is 0 Å². The zero-order chi connectivity index (χ0) is 26.5. The van der Waals surface area contributed by atoms with Crippen LogP contribution in [0, 0.1) is 6.92 Å². The van der Waals surface area contributed by atoms with E-state index in [9.17, 15) is 19.2 Å². The van der Waals surface area contributed by atoms with Gasteiger partial charge >= 0.3 is 24.1 Å². The lowest BCUT2D eigenvalue weighted by Crippen LogP contribution is -2.46. The van der Waals surface area contributed by atoms with E-state index in [2.05, 4.69) is 21.1 Å². The van der Waals surface area contributed by atoms with Crippen LogP contribution in [-0.4, -0.2) is 72.2 Å². The van der Waals surface area contributed by atoms with Crippen molar-refractivity contribution < 1.29 is 43.8 Å². The van der Waals surface area contributed by atoms with Gasteiger partial charge in [-0.3, -0.25) is 9.59 Å². The summed E-state index contributed by atoms with van der Waals surface area (Å²) in [5, 5.41) is 28.8. The van der Waals surface area contributed by atoms with Crippen molar-refractivity contribution >= 4 is 36.2 Å². The van der Waals surface area contributed by atoms with Crippen LogP contribution in [0.15, 0.2) is 29.4 Å². The molecule has 0 aromatic heterocycles. The molecule has 3 amide bonds. The maximum Gasteiger partial charge on any atom is 0.373 e. The number of rotatable bonds is 15. The Balaban J connectivity index is 0.00000365. The van der Waals surface area contributed by atoms with E-state index in [-0.39, 0.29) is 31.5 Å². The predicted molar refractivity (Wildman–Crippen MR) is 121 cm³/mol. The van der Waals surface area contributed by atoms with Crippen LogP contribution in [-0.2, 0) is 28.8 Å². The monoisotopic (exact) mass is 494 g/mol. The molecule has 35 heavy (non-hydrogen) atoms. The first kappa shape index (κ1) is 30.8. The second-order valence-electron chi connectivity index (χ2n) is 7.14. The van der Waals surface area contributed by atoms with E-state index in [1.165, 1.54) is 6.21 Å². The highest BCUT2D eigenvalue weighted by molar-refractivity contribution is 5.83. The second-order valence-corrected chi connectivity index (χ2v) is 7.14. The zero-order valence-electron chi connectivity index (χ0n) is 19.3. The van der Waals surface area contributed by atoms with Gasteiger partial charge in [0.2, 0.25) is 0 Å². The van der Waals surface area contributed by atoms with Crippen molar-refractivity contribution in [1.29, 1.82) is 0 Å². The Bertz CT molecular complexity index is 866. The second kappa shape index (κ2) is 19.2. The number of hydrogen-bond donors (Lipinski definition) is 5. The van der Waals surface area contributed by atoms with Gasteiger partial charge in [0, 0.05) is 19.5 Å². The topological polar surface area (TPSA) is 201 Å². The minimum absolute atomic E-state index is 0.184. The Kier molecular flexibility index (Phi) is 16.9. The molecule has 0 saturated carbocycles. The molecule has 1 atom stereocenters. The Morgan fingerprint density at radius 1 is 1.03 bits per heavy atom. The number of carbonyl (C=O) groups excluding carboxylic acids is 4. The van der Waals surface area contributed by atoms with E-state index in [4.69, 9.17) is 24.6 Å². The predicted octanol–water partition coefficient (Wildman–Crippen LogP) is 0.666. The number of amides is 3. The van der Waals surface area contributed by atoms with Gasteiger partial charge in [-0.1, -0.05) is 35.0 Å². The van der Waals surface area contributed by atoms with Crippen LogP contribution >= 0.6 is 0 Å². The van der Waals surface area contributed by atoms with Crippen LogP contribution in [0.2, 0.25) is 0 Å². The Labute approximate surface area is 201 Å². The number of carboxylic acids is 2. The summed E-state index contributed by atoms with van der Waals surface area (Å²) < 4.78 is 0. The van der Waals surface area contributed by atoms with Crippen molar-refractivity contribution in [3.8, 4) is 0 Å². The van der Waals surface area contributed by atoms with Crippen LogP contribution in [0.4, 0.5) is 4.79 Å². The number of oxime groups is 1. The normalized spacial score (nSPS) is 10.8. The average molecular weight is 495 g/mol. The molecule has 1 unspecified atom stereocenters. The Hall–Kier alpha value is -4.25. The number of unbranched alkanes of at least 4 members (excludes halogenated alkanes) is 2. The molecular weight excluding hydrogens is 464 g/mol. The van der Waals surface area contributed by atoms with Crippen molar-refractivity contribution in [3.05, 3.63) is 35.4 Å². The lowest BCUT2D eigenvalue weighted by molar-refractivity contribution is -0.191. The fourth-order valence-corrected chi connectivity index (χ4v) is 2.49. The molecule has 5 N–H and O–H groups in total. The van der Waals surface area contributed by atoms with E-state index in [0.29, 0.717) is 25.9 Å². The number of carboxylic acid groups (broad SMARTS) is 2. The molecule has 192 valence electrons. The average Bonchev–Trinajstić information content (AvgIpc) is 2.80. The quantitative estimate of drug-likeness (QED) is 0.132. The van der Waals surface area contributed by atoms with Crippen LogP contribution in [0.3, 0.4) is 0 Å². The third-order valence-corrected chi connectivity index (χ3v) is 4.26. The lowest BCUT2D eigenvalue weighted by atomic mass is 10.1. The smallest absolute Gasteiger partial charge is 0.373 e. The third-order valence-electron chi connectivity index (χ3n) is 4.26. The number of nitrogens with zero attached hydrogens (tertiary/aromatic N) is 1. The first-order valence-corrected chi connectivity index (χ1v) is 10.7. The Morgan fingerprint density at radius 2 is 1.63 bits per heavy atom. The number of benzene rings is 1. The molecule has 0 fully saturated rings. The van der Waals surface area contributed by atoms with E-state index in [0.717, 1.165) is 17.5 Å². The number of carbonyl (C=O) groups is 4. The van der Waals surface area contributed by atoms with E-state index >= 15 is 0 Å². The van der Waals surface area contributed by atoms with Gasteiger partial charge in [0.05, 0.1) is 6.21 Å². The summed E-state index contributed by atoms with van der Waals surface area (Å²) in [6, 6.07) is 5.76. The van der Waals surface area contributed by atoms with Crippen molar-refractivity contribution in [2.24, 2.45) is 5.16 Å². The molecule has 0 radical (unpaired) electrons. The minimum atomic E-state index is -1.29. The van der Waals surface area contributed by atoms with Crippen LogP contribution in [0.1, 0.15) is 43.2 Å². The van der Waals surface area contributed by atoms with Gasteiger partial charge in [0.25, 0.3) is 5.91 Å². The van der Waals surface area contributed by atoms with E-state index in [1.807, 2.05) is 31.2 Å². The standard InChI is InChI=1S/C21H30N4O7.CO2/c1-15-5-7-16(8-6-15)13-24-32-14-18(26)22-11-3-2-4-12-23-21(31)25-17(20(29)30)9-10-19(27)28;2-1-3/h5-8,13,17H,2-4,9-12,14H2,1H3,(H,22,26)(H,27,28)(H,29,30)(H2,23,25,31);. The maximum atomic E-state index is 11.7. The molecule has 1 rings (SSSR count). The summed E-state index contributed by atoms with van der Waals surface area (Å²) in [6.45, 7) is 2.57. The van der Waals surface area contributed by atoms with Crippen LogP contribution < -0.4 is 16.0 Å². The summed E-state index contributed by atoms with van der Waals surface area (Å²) >= 11 is 0. The number of nitrogens with one attached hydrogen (secondary N) is 3. The van der Waals surface area contributed by atoms with E-state index in [1.54, 1.807) is 0 Å². The fourth-order valence-electron chi connectivity index (χ4n) is 2.49. The molecule has 13 heteroatoms. The van der Waals surface area contributed by atoms with Crippen molar-refractivity contribution in [2.75, 3.05) is 19.7 Å². The molecule has 0 aliphatic rings. The molecular formula is C22H30N4O9. The highest BCUT2D eigenvalue weighted by atomic mass is 16.6. The highest BCUT2D eigenvalue weighted by Gasteiger charge is 2.20. The molecule has 1 aromatic carbocycles. The molecule has 0 saturated heterocycles. The first-order chi connectivity index (χ1) is 16.7. The molecule has 0 aliphatic carbocycles. The van der Waals surface area contributed by atoms with Crippen molar-refractivity contribution in [2.45, 2.75) is 45.1 Å². The van der Waals surface area contributed by atoms with E-state index < -0.39 is 24.0 Å². The largest absolute Gasteiger partial charge is 0.481 e. The first-order valence-electron chi connectivity index (χ1n) is 10.7. The number of aliphatic carboxylic acids is 2. The molecule has 0 aliphatic heterocycles. The SMILES string of the molecule is Cc1ccc(C=NOCC(=O)NCCCCCNC(=O)NC(CCC(=O)O)C(=O)O)cc1.O=C=O. The summed E-state index contributed by atoms with van der Waals surface area (Å²) in [6.07, 6.45) is 3.28.